The number of nitrogens with two attached hydrogens (primary N) is 1. The fourth-order valence-electron chi connectivity index (χ4n) is 1.91. The highest BCUT2D eigenvalue weighted by Crippen LogP contribution is 2.20. The Hall–Kier alpha value is -1.93. The van der Waals surface area contributed by atoms with Crippen molar-refractivity contribution < 1.29 is 22.7 Å². The summed E-state index contributed by atoms with van der Waals surface area (Å²) in [6, 6.07) is 4.22. The quantitative estimate of drug-likeness (QED) is 0.740. The van der Waals surface area contributed by atoms with Crippen LogP contribution in [-0.4, -0.2) is 44.3 Å². The van der Waals surface area contributed by atoms with Gasteiger partial charge in [-0.15, -0.1) is 0 Å². The second-order valence-electron chi connectivity index (χ2n) is 4.61. The molecule has 1 amide bonds. The smallest absolute Gasteiger partial charge is 0.338 e. The molecular weight excluding hydrogens is 308 g/mol. The number of carbonyl (C=O) groups is 2. The zero-order chi connectivity index (χ0) is 16.9. The third-order valence-electron chi connectivity index (χ3n) is 3.12. The van der Waals surface area contributed by atoms with Crippen LogP contribution in [0, 0.1) is 6.92 Å². The first-order valence-electron chi connectivity index (χ1n) is 6.80. The third kappa shape index (κ3) is 4.05. The van der Waals surface area contributed by atoms with Crippen LogP contribution in [0.15, 0.2) is 23.1 Å². The third-order valence-corrected chi connectivity index (χ3v) is 5.16. The Morgan fingerprint density at radius 2 is 1.82 bits per heavy atom. The minimum atomic E-state index is -3.67. The van der Waals surface area contributed by atoms with Gasteiger partial charge in [0.1, 0.15) is 0 Å². The van der Waals surface area contributed by atoms with Gasteiger partial charge in [-0.2, -0.15) is 4.31 Å². The van der Waals surface area contributed by atoms with Gasteiger partial charge in [-0.05, 0) is 24.6 Å². The molecule has 0 aromatic heterocycles. The predicted molar refractivity (Wildman–Crippen MR) is 80.8 cm³/mol. The van der Waals surface area contributed by atoms with Gasteiger partial charge < -0.3 is 10.5 Å². The van der Waals surface area contributed by atoms with Crippen molar-refractivity contribution in [1.29, 1.82) is 0 Å². The van der Waals surface area contributed by atoms with Crippen LogP contribution in [0.3, 0.4) is 0 Å². The largest absolute Gasteiger partial charge is 0.452 e. The minimum absolute atomic E-state index is 0.00725. The van der Waals surface area contributed by atoms with E-state index >= 15 is 0 Å². The molecule has 0 aliphatic rings. The van der Waals surface area contributed by atoms with Crippen LogP contribution in [0.4, 0.5) is 0 Å². The van der Waals surface area contributed by atoms with Crippen molar-refractivity contribution in [2.75, 3.05) is 19.7 Å². The molecule has 2 N–H and O–H groups in total. The summed E-state index contributed by atoms with van der Waals surface area (Å²) < 4.78 is 30.9. The molecule has 0 spiro atoms. The van der Waals surface area contributed by atoms with Crippen molar-refractivity contribution >= 4 is 21.9 Å². The number of benzene rings is 1. The molecule has 0 unspecified atom stereocenters. The summed E-state index contributed by atoms with van der Waals surface area (Å²) in [5.74, 6) is -1.56. The van der Waals surface area contributed by atoms with Gasteiger partial charge in [0.2, 0.25) is 10.0 Å². The van der Waals surface area contributed by atoms with E-state index in [2.05, 4.69) is 0 Å². The molecule has 0 saturated carbocycles. The van der Waals surface area contributed by atoms with E-state index < -0.39 is 28.5 Å². The molecule has 122 valence electrons. The van der Waals surface area contributed by atoms with Crippen LogP contribution in [-0.2, 0) is 19.6 Å². The molecule has 0 atom stereocenters. The van der Waals surface area contributed by atoms with E-state index in [1.165, 1.54) is 22.5 Å². The van der Waals surface area contributed by atoms with Crippen LogP contribution >= 0.6 is 0 Å². The molecule has 0 aliphatic heterocycles. The molecule has 0 bridgehead atoms. The number of hydrogen-bond acceptors (Lipinski definition) is 5. The van der Waals surface area contributed by atoms with Crippen molar-refractivity contribution in [1.82, 2.24) is 4.31 Å². The first-order valence-corrected chi connectivity index (χ1v) is 8.24. The molecule has 22 heavy (non-hydrogen) atoms. The van der Waals surface area contributed by atoms with E-state index in [1.807, 2.05) is 0 Å². The molecule has 0 heterocycles. The fourth-order valence-corrected chi connectivity index (χ4v) is 3.39. The number of amides is 1. The topological polar surface area (TPSA) is 107 Å². The van der Waals surface area contributed by atoms with Crippen molar-refractivity contribution in [2.24, 2.45) is 5.73 Å². The van der Waals surface area contributed by atoms with Gasteiger partial charge in [0.25, 0.3) is 5.91 Å². The van der Waals surface area contributed by atoms with E-state index in [4.69, 9.17) is 10.5 Å². The number of ether oxygens (including phenoxy) is 1. The number of primary amides is 1. The zero-order valence-electron chi connectivity index (χ0n) is 12.8. The molecule has 7 nitrogen and oxygen atoms in total. The predicted octanol–water partition coefficient (Wildman–Crippen LogP) is 0.668. The maximum atomic E-state index is 12.4. The first-order chi connectivity index (χ1) is 10.2. The molecule has 1 aromatic rings. The zero-order valence-corrected chi connectivity index (χ0v) is 13.6. The highest BCUT2D eigenvalue weighted by atomic mass is 32.2. The Labute approximate surface area is 130 Å². The monoisotopic (exact) mass is 328 g/mol. The van der Waals surface area contributed by atoms with Gasteiger partial charge in [0, 0.05) is 13.1 Å². The van der Waals surface area contributed by atoms with E-state index in [9.17, 15) is 18.0 Å². The van der Waals surface area contributed by atoms with Crippen LogP contribution in [0.1, 0.15) is 29.8 Å². The highest BCUT2D eigenvalue weighted by Gasteiger charge is 2.23. The molecule has 1 rings (SSSR count). The molecule has 8 heteroatoms. The van der Waals surface area contributed by atoms with Crippen molar-refractivity contribution in [3.63, 3.8) is 0 Å². The van der Waals surface area contributed by atoms with Gasteiger partial charge >= 0.3 is 5.97 Å². The Morgan fingerprint density at radius 3 is 2.32 bits per heavy atom. The summed E-state index contributed by atoms with van der Waals surface area (Å²) in [7, 11) is -3.67. The number of carbonyl (C=O) groups excluding carboxylic acids is 2. The van der Waals surface area contributed by atoms with E-state index in [1.54, 1.807) is 20.8 Å². The van der Waals surface area contributed by atoms with E-state index in [0.717, 1.165) is 0 Å². The first kappa shape index (κ1) is 18.1. The van der Waals surface area contributed by atoms with Crippen LogP contribution in [0.2, 0.25) is 0 Å². The van der Waals surface area contributed by atoms with Crippen LogP contribution in [0.5, 0.6) is 0 Å². The van der Waals surface area contributed by atoms with Gasteiger partial charge in [0.15, 0.2) is 6.61 Å². The minimum Gasteiger partial charge on any atom is -0.452 e. The SMILES string of the molecule is CCN(CC)S(=O)(=O)c1ccc(C)c(C(=O)OCC(N)=O)c1. The average molecular weight is 328 g/mol. The lowest BCUT2D eigenvalue weighted by Crippen LogP contribution is -2.30. The lowest BCUT2D eigenvalue weighted by molar-refractivity contribution is -0.121. The summed E-state index contributed by atoms with van der Waals surface area (Å²) in [6.45, 7) is 5.22. The molecule has 0 fully saturated rings. The Bertz CT molecular complexity index is 666. The maximum absolute atomic E-state index is 12.4. The summed E-state index contributed by atoms with van der Waals surface area (Å²) in [5, 5.41) is 0. The number of aryl methyl sites for hydroxylation is 1. The number of esters is 1. The summed E-state index contributed by atoms with van der Waals surface area (Å²) in [5.41, 5.74) is 5.55. The van der Waals surface area contributed by atoms with Crippen LogP contribution < -0.4 is 5.73 Å². The van der Waals surface area contributed by atoms with Crippen LogP contribution in [0.25, 0.3) is 0 Å². The highest BCUT2D eigenvalue weighted by molar-refractivity contribution is 7.89. The van der Waals surface area contributed by atoms with Crippen molar-refractivity contribution in [3.05, 3.63) is 29.3 Å². The van der Waals surface area contributed by atoms with Crippen molar-refractivity contribution in [2.45, 2.75) is 25.7 Å². The summed E-state index contributed by atoms with van der Waals surface area (Å²) >= 11 is 0. The van der Waals surface area contributed by atoms with E-state index in [0.29, 0.717) is 18.7 Å². The van der Waals surface area contributed by atoms with Gasteiger partial charge in [0.05, 0.1) is 10.5 Å². The molecule has 0 radical (unpaired) electrons. The number of nitrogens with zero attached hydrogens (tertiary/aromatic N) is 1. The fraction of sp³-hybridized carbons (Fsp3) is 0.429. The second kappa shape index (κ2) is 7.37. The number of rotatable bonds is 7. The Morgan fingerprint density at radius 1 is 1.23 bits per heavy atom. The Kier molecular flexibility index (Phi) is 6.07. The van der Waals surface area contributed by atoms with E-state index in [-0.39, 0.29) is 10.5 Å². The number of hydrogen-bond donors (Lipinski definition) is 1. The Balaban J connectivity index is 3.19. The van der Waals surface area contributed by atoms with Gasteiger partial charge in [-0.1, -0.05) is 19.9 Å². The maximum Gasteiger partial charge on any atom is 0.338 e. The average Bonchev–Trinajstić information content (AvgIpc) is 2.45. The van der Waals surface area contributed by atoms with Gasteiger partial charge in [-0.25, -0.2) is 13.2 Å². The molecule has 0 saturated heterocycles. The lowest BCUT2D eigenvalue weighted by atomic mass is 10.1. The second-order valence-corrected chi connectivity index (χ2v) is 6.55. The summed E-state index contributed by atoms with van der Waals surface area (Å²) in [6.07, 6.45) is 0. The lowest BCUT2D eigenvalue weighted by Gasteiger charge is -2.19. The number of sulfonamides is 1. The van der Waals surface area contributed by atoms with Crippen molar-refractivity contribution in [3.8, 4) is 0 Å². The molecular formula is C14H20N2O5S. The standard InChI is InChI=1S/C14H20N2O5S/c1-4-16(5-2)22(19,20)11-7-6-10(3)12(8-11)14(18)21-9-13(15)17/h6-8H,4-5,9H2,1-3H3,(H2,15,17). The van der Waals surface area contributed by atoms with Gasteiger partial charge in [-0.3, -0.25) is 4.79 Å². The normalized spacial score (nSPS) is 11.5. The molecule has 0 aliphatic carbocycles. The summed E-state index contributed by atoms with van der Waals surface area (Å²) in [4.78, 5) is 22.6. The molecule has 1 aromatic carbocycles.